The summed E-state index contributed by atoms with van der Waals surface area (Å²) in [5.74, 6) is 0.384. The number of amides is 2. The summed E-state index contributed by atoms with van der Waals surface area (Å²) >= 11 is 0. The van der Waals surface area contributed by atoms with E-state index in [0.717, 1.165) is 44.9 Å². The number of aromatic nitrogens is 1. The molecular formula is C17H27N3O3. The van der Waals surface area contributed by atoms with Gasteiger partial charge in [0, 0.05) is 18.5 Å². The summed E-state index contributed by atoms with van der Waals surface area (Å²) in [7, 11) is 0. The van der Waals surface area contributed by atoms with Gasteiger partial charge < -0.3 is 14.7 Å². The zero-order valence-electron chi connectivity index (χ0n) is 13.9. The minimum atomic E-state index is -0.223. The topological polar surface area (TPSA) is 75.4 Å². The molecule has 0 unspecified atom stereocenters. The van der Waals surface area contributed by atoms with Crippen molar-refractivity contribution in [1.29, 1.82) is 0 Å². The number of nitrogens with zero attached hydrogens (tertiary/aromatic N) is 2. The van der Waals surface area contributed by atoms with E-state index in [2.05, 4.69) is 17.4 Å². The molecule has 1 N–H and O–H groups in total. The van der Waals surface area contributed by atoms with Crippen molar-refractivity contribution in [3.8, 4) is 0 Å². The molecular weight excluding hydrogens is 294 g/mol. The molecule has 1 fully saturated rings. The highest BCUT2D eigenvalue weighted by atomic mass is 16.5. The van der Waals surface area contributed by atoms with Crippen molar-refractivity contribution < 1.29 is 14.1 Å². The summed E-state index contributed by atoms with van der Waals surface area (Å²) in [5, 5.41) is 6.33. The molecule has 1 heterocycles. The van der Waals surface area contributed by atoms with Crippen LogP contribution in [0.5, 0.6) is 0 Å². The van der Waals surface area contributed by atoms with Crippen LogP contribution >= 0.6 is 0 Å². The molecule has 0 aliphatic heterocycles. The molecule has 0 bridgehead atoms. The third-order valence-corrected chi connectivity index (χ3v) is 4.34. The number of nitrogens with one attached hydrogen (secondary N) is 1. The van der Waals surface area contributed by atoms with E-state index >= 15 is 0 Å². The Hall–Kier alpha value is -1.85. The lowest BCUT2D eigenvalue weighted by atomic mass is 9.88. The highest BCUT2D eigenvalue weighted by Gasteiger charge is 2.27. The molecule has 6 nitrogen and oxygen atoms in total. The zero-order chi connectivity index (χ0) is 16.5. The molecule has 128 valence electrons. The van der Waals surface area contributed by atoms with E-state index in [-0.39, 0.29) is 24.3 Å². The van der Waals surface area contributed by atoms with Crippen LogP contribution in [0.4, 0.5) is 5.82 Å². The Kier molecular flexibility index (Phi) is 7.10. The molecule has 1 aromatic heterocycles. The van der Waals surface area contributed by atoms with Crippen LogP contribution in [0.3, 0.4) is 0 Å². The fourth-order valence-corrected chi connectivity index (χ4v) is 3.06. The van der Waals surface area contributed by atoms with Gasteiger partial charge in [-0.1, -0.05) is 44.2 Å². The van der Waals surface area contributed by atoms with Gasteiger partial charge >= 0.3 is 0 Å². The van der Waals surface area contributed by atoms with Gasteiger partial charge in [-0.3, -0.25) is 9.59 Å². The van der Waals surface area contributed by atoms with Gasteiger partial charge in [-0.15, -0.1) is 0 Å². The SMILES string of the molecule is CCCCCN(CC(=O)Nc1ccon1)C(=O)C1CCCCC1. The van der Waals surface area contributed by atoms with Crippen molar-refractivity contribution in [3.63, 3.8) is 0 Å². The predicted octanol–water partition coefficient (Wildman–Crippen LogP) is 3.21. The third-order valence-electron chi connectivity index (χ3n) is 4.34. The van der Waals surface area contributed by atoms with Crippen molar-refractivity contribution in [2.24, 2.45) is 5.92 Å². The van der Waals surface area contributed by atoms with E-state index in [1.807, 2.05) is 0 Å². The fourth-order valence-electron chi connectivity index (χ4n) is 3.06. The van der Waals surface area contributed by atoms with Crippen molar-refractivity contribution in [2.45, 2.75) is 58.3 Å². The number of carbonyl (C=O) groups is 2. The molecule has 1 aliphatic rings. The second-order valence-electron chi connectivity index (χ2n) is 6.23. The molecule has 0 atom stereocenters. The van der Waals surface area contributed by atoms with Crippen molar-refractivity contribution in [2.75, 3.05) is 18.4 Å². The van der Waals surface area contributed by atoms with Crippen LogP contribution in [-0.2, 0) is 9.59 Å². The maximum absolute atomic E-state index is 12.7. The molecule has 0 saturated heterocycles. The number of hydrogen-bond donors (Lipinski definition) is 1. The molecule has 23 heavy (non-hydrogen) atoms. The average Bonchev–Trinajstić information content (AvgIpc) is 3.07. The fraction of sp³-hybridized carbons (Fsp3) is 0.706. The number of unbranched alkanes of at least 4 members (excludes halogenated alkanes) is 2. The minimum Gasteiger partial charge on any atom is -0.363 e. The Balaban J connectivity index is 1.91. The first kappa shape index (κ1) is 17.5. The molecule has 2 amide bonds. The summed E-state index contributed by atoms with van der Waals surface area (Å²) in [6.07, 6.45) is 9.85. The Labute approximate surface area is 137 Å². The van der Waals surface area contributed by atoms with Crippen LogP contribution in [0.25, 0.3) is 0 Å². The van der Waals surface area contributed by atoms with Gasteiger partial charge in [0.05, 0.1) is 6.54 Å². The lowest BCUT2D eigenvalue weighted by Crippen LogP contribution is -2.42. The van der Waals surface area contributed by atoms with Gasteiger partial charge in [0.2, 0.25) is 11.8 Å². The Morgan fingerprint density at radius 3 is 2.74 bits per heavy atom. The molecule has 1 saturated carbocycles. The first-order chi connectivity index (χ1) is 11.2. The highest BCUT2D eigenvalue weighted by Crippen LogP contribution is 2.25. The number of rotatable bonds is 8. The van der Waals surface area contributed by atoms with Crippen LogP contribution in [-0.4, -0.2) is 35.0 Å². The van der Waals surface area contributed by atoms with Gasteiger partial charge in [0.1, 0.15) is 6.26 Å². The van der Waals surface area contributed by atoms with Gasteiger partial charge in [-0.25, -0.2) is 0 Å². The van der Waals surface area contributed by atoms with E-state index in [9.17, 15) is 9.59 Å². The van der Waals surface area contributed by atoms with Crippen LogP contribution in [0, 0.1) is 5.92 Å². The van der Waals surface area contributed by atoms with Crippen molar-refractivity contribution >= 4 is 17.6 Å². The Bertz CT molecular complexity index is 481. The molecule has 0 spiro atoms. The summed E-state index contributed by atoms with van der Waals surface area (Å²) in [5.41, 5.74) is 0. The molecule has 2 rings (SSSR count). The van der Waals surface area contributed by atoms with E-state index in [1.165, 1.54) is 12.7 Å². The Morgan fingerprint density at radius 1 is 1.30 bits per heavy atom. The summed E-state index contributed by atoms with van der Waals surface area (Å²) in [6, 6.07) is 1.59. The highest BCUT2D eigenvalue weighted by molar-refractivity contribution is 5.94. The Morgan fingerprint density at radius 2 is 2.09 bits per heavy atom. The second-order valence-corrected chi connectivity index (χ2v) is 6.23. The van der Waals surface area contributed by atoms with Gasteiger partial charge in [0.25, 0.3) is 0 Å². The molecule has 0 radical (unpaired) electrons. The van der Waals surface area contributed by atoms with Crippen molar-refractivity contribution in [3.05, 3.63) is 12.3 Å². The summed E-state index contributed by atoms with van der Waals surface area (Å²) in [4.78, 5) is 26.6. The maximum Gasteiger partial charge on any atom is 0.245 e. The smallest absolute Gasteiger partial charge is 0.245 e. The first-order valence-electron chi connectivity index (χ1n) is 8.69. The number of anilines is 1. The average molecular weight is 321 g/mol. The lowest BCUT2D eigenvalue weighted by molar-refractivity contribution is -0.139. The van der Waals surface area contributed by atoms with Crippen LogP contribution in [0.1, 0.15) is 58.3 Å². The molecule has 0 aromatic carbocycles. The maximum atomic E-state index is 12.7. The molecule has 6 heteroatoms. The van der Waals surface area contributed by atoms with E-state index in [0.29, 0.717) is 12.4 Å². The van der Waals surface area contributed by atoms with E-state index in [4.69, 9.17) is 4.52 Å². The summed E-state index contributed by atoms with van der Waals surface area (Å²) in [6.45, 7) is 2.87. The molecule has 1 aromatic rings. The number of hydrogen-bond acceptors (Lipinski definition) is 4. The standard InChI is InChI=1S/C17H27N3O3/c1-2-3-7-11-20(17(22)14-8-5-4-6-9-14)13-16(21)18-15-10-12-23-19-15/h10,12,14H,2-9,11,13H2,1H3,(H,18,19,21). The molecule has 1 aliphatic carbocycles. The largest absolute Gasteiger partial charge is 0.363 e. The van der Waals surface area contributed by atoms with Crippen LogP contribution in [0.2, 0.25) is 0 Å². The van der Waals surface area contributed by atoms with Gasteiger partial charge in [-0.05, 0) is 19.3 Å². The zero-order valence-corrected chi connectivity index (χ0v) is 13.9. The minimum absolute atomic E-state index is 0.0882. The normalized spacial score (nSPS) is 15.3. The first-order valence-corrected chi connectivity index (χ1v) is 8.69. The second kappa shape index (κ2) is 9.33. The third kappa shape index (κ3) is 5.69. The van der Waals surface area contributed by atoms with Crippen LogP contribution < -0.4 is 5.32 Å². The lowest BCUT2D eigenvalue weighted by Gasteiger charge is -2.29. The van der Waals surface area contributed by atoms with Crippen LogP contribution in [0.15, 0.2) is 16.9 Å². The van der Waals surface area contributed by atoms with Gasteiger partial charge in [0.15, 0.2) is 5.82 Å². The number of carbonyl (C=O) groups excluding carboxylic acids is 2. The van der Waals surface area contributed by atoms with E-state index < -0.39 is 0 Å². The van der Waals surface area contributed by atoms with E-state index in [1.54, 1.807) is 11.0 Å². The quantitative estimate of drug-likeness (QED) is 0.746. The predicted molar refractivity (Wildman–Crippen MR) is 87.8 cm³/mol. The summed E-state index contributed by atoms with van der Waals surface area (Å²) < 4.78 is 4.70. The van der Waals surface area contributed by atoms with Crippen molar-refractivity contribution in [1.82, 2.24) is 10.1 Å². The monoisotopic (exact) mass is 321 g/mol. The van der Waals surface area contributed by atoms with Gasteiger partial charge in [-0.2, -0.15) is 0 Å².